The highest BCUT2D eigenvalue weighted by Crippen LogP contribution is 2.11. The van der Waals surface area contributed by atoms with Crippen LogP contribution in [0.25, 0.3) is 0 Å². The smallest absolute Gasteiger partial charge is 0.136 e. The zero-order chi connectivity index (χ0) is 6.69. The van der Waals surface area contributed by atoms with E-state index >= 15 is 0 Å². The van der Waals surface area contributed by atoms with Crippen LogP contribution in [0.1, 0.15) is 6.42 Å². The summed E-state index contributed by atoms with van der Waals surface area (Å²) in [5, 5.41) is 9.05. The first-order valence-electron chi connectivity index (χ1n) is 2.63. The maximum absolute atomic E-state index is 8.32. The number of hydrogen-bond donors (Lipinski definition) is 0. The molecular weight excluding hydrogens is 136 g/mol. The Kier molecular flexibility index (Phi) is 1.86. The fourth-order valence-electron chi connectivity index (χ4n) is 0.617. The molecule has 1 rings (SSSR count). The number of hydrogen-bond acceptors (Lipinski definition) is 2. The van der Waals surface area contributed by atoms with Gasteiger partial charge in [-0.2, -0.15) is 5.26 Å². The molecular formula is C6H5ClN2. The number of allylic oxidation sites excluding steroid dienone is 1. The third kappa shape index (κ3) is 1.55. The Bertz CT molecular complexity index is 210. The van der Waals surface area contributed by atoms with Crippen LogP contribution in [0.3, 0.4) is 0 Å². The molecule has 0 aromatic heterocycles. The van der Waals surface area contributed by atoms with Gasteiger partial charge >= 0.3 is 0 Å². The normalized spacial score (nSPS) is 17.8. The van der Waals surface area contributed by atoms with Crippen LogP contribution in [0, 0.1) is 11.3 Å². The van der Waals surface area contributed by atoms with Gasteiger partial charge < -0.3 is 0 Å². The number of nitriles is 1. The van der Waals surface area contributed by atoms with E-state index in [1.165, 1.54) is 0 Å². The van der Waals surface area contributed by atoms with Crippen molar-refractivity contribution < 1.29 is 0 Å². The van der Waals surface area contributed by atoms with Gasteiger partial charge in [0.2, 0.25) is 0 Å². The predicted molar refractivity (Wildman–Crippen MR) is 36.5 cm³/mol. The van der Waals surface area contributed by atoms with Crippen molar-refractivity contribution in [3.63, 3.8) is 0 Å². The van der Waals surface area contributed by atoms with Crippen molar-refractivity contribution in [3.05, 3.63) is 11.1 Å². The van der Waals surface area contributed by atoms with Gasteiger partial charge in [0.1, 0.15) is 11.8 Å². The molecule has 9 heavy (non-hydrogen) atoms. The highest BCUT2D eigenvalue weighted by atomic mass is 35.5. The molecule has 1 heterocycles. The molecule has 0 amide bonds. The van der Waals surface area contributed by atoms with E-state index in [9.17, 15) is 0 Å². The highest BCUT2D eigenvalue weighted by Gasteiger charge is 2.01. The monoisotopic (exact) mass is 140 g/mol. The molecule has 0 radical (unpaired) electrons. The van der Waals surface area contributed by atoms with Gasteiger partial charge in [-0.15, -0.1) is 0 Å². The average Bonchev–Trinajstić information content (AvgIpc) is 1.88. The van der Waals surface area contributed by atoms with E-state index in [0.29, 0.717) is 12.3 Å². The lowest BCUT2D eigenvalue weighted by Gasteiger charge is -2.00. The van der Waals surface area contributed by atoms with Crippen LogP contribution in [0.5, 0.6) is 0 Å². The molecule has 0 saturated carbocycles. The summed E-state index contributed by atoms with van der Waals surface area (Å²) in [6.07, 6.45) is 2.37. The lowest BCUT2D eigenvalue weighted by atomic mass is 10.2. The van der Waals surface area contributed by atoms with Crippen LogP contribution in [0.15, 0.2) is 16.1 Å². The Morgan fingerprint density at radius 1 is 1.78 bits per heavy atom. The lowest BCUT2D eigenvalue weighted by molar-refractivity contribution is 0.981. The van der Waals surface area contributed by atoms with E-state index < -0.39 is 0 Å². The van der Waals surface area contributed by atoms with Crippen molar-refractivity contribution >= 4 is 17.3 Å². The van der Waals surface area contributed by atoms with E-state index in [-0.39, 0.29) is 0 Å². The summed E-state index contributed by atoms with van der Waals surface area (Å²) in [4.78, 5) is 3.89. The SMILES string of the molecule is N#CC1=NCCC(Cl)=C1. The first-order chi connectivity index (χ1) is 4.33. The van der Waals surface area contributed by atoms with Crippen molar-refractivity contribution in [2.75, 3.05) is 6.54 Å². The zero-order valence-electron chi connectivity index (χ0n) is 4.76. The van der Waals surface area contributed by atoms with Gasteiger partial charge in [0.15, 0.2) is 0 Å². The van der Waals surface area contributed by atoms with E-state index in [2.05, 4.69) is 4.99 Å². The Labute approximate surface area is 58.5 Å². The molecule has 46 valence electrons. The molecule has 0 N–H and O–H groups in total. The van der Waals surface area contributed by atoms with Gasteiger partial charge in [-0.25, -0.2) is 0 Å². The Hall–Kier alpha value is -0.810. The van der Waals surface area contributed by atoms with Crippen LogP contribution in [0.2, 0.25) is 0 Å². The van der Waals surface area contributed by atoms with Crippen molar-refractivity contribution in [2.24, 2.45) is 4.99 Å². The molecule has 0 fully saturated rings. The molecule has 0 bridgehead atoms. The minimum absolute atomic E-state index is 0.436. The van der Waals surface area contributed by atoms with Crippen molar-refractivity contribution in [2.45, 2.75) is 6.42 Å². The molecule has 0 aromatic carbocycles. The van der Waals surface area contributed by atoms with Gasteiger partial charge in [-0.05, 0) is 6.08 Å². The predicted octanol–water partition coefficient (Wildman–Crippen LogP) is 1.48. The molecule has 0 aliphatic carbocycles. The van der Waals surface area contributed by atoms with E-state index in [4.69, 9.17) is 16.9 Å². The minimum atomic E-state index is 0.436. The molecule has 0 atom stereocenters. The van der Waals surface area contributed by atoms with Gasteiger partial charge in [0.05, 0.1) is 0 Å². The standard InChI is InChI=1S/C6H5ClN2/c7-5-1-2-9-6(3-5)4-8/h3H,1-2H2. The first-order valence-corrected chi connectivity index (χ1v) is 3.01. The average molecular weight is 141 g/mol. The molecule has 3 heteroatoms. The molecule has 0 saturated heterocycles. The first kappa shape index (κ1) is 6.31. The summed E-state index contributed by atoms with van der Waals surface area (Å²) in [5.41, 5.74) is 0.436. The van der Waals surface area contributed by atoms with E-state index in [1.807, 2.05) is 6.07 Å². The van der Waals surface area contributed by atoms with Crippen LogP contribution in [-0.4, -0.2) is 12.3 Å². The zero-order valence-corrected chi connectivity index (χ0v) is 5.52. The highest BCUT2D eigenvalue weighted by molar-refractivity contribution is 6.32. The summed E-state index contributed by atoms with van der Waals surface area (Å²) in [6.45, 7) is 0.651. The largest absolute Gasteiger partial charge is 0.274 e. The number of rotatable bonds is 0. The summed E-state index contributed by atoms with van der Waals surface area (Å²) in [6, 6.07) is 1.92. The Morgan fingerprint density at radius 3 is 3.00 bits per heavy atom. The maximum atomic E-state index is 8.32. The van der Waals surface area contributed by atoms with Gasteiger partial charge in [0, 0.05) is 18.0 Å². The maximum Gasteiger partial charge on any atom is 0.136 e. The minimum Gasteiger partial charge on any atom is -0.274 e. The lowest BCUT2D eigenvalue weighted by Crippen LogP contribution is -1.98. The molecule has 0 unspecified atom stereocenters. The quantitative estimate of drug-likeness (QED) is 0.502. The van der Waals surface area contributed by atoms with Crippen molar-refractivity contribution in [1.29, 1.82) is 5.26 Å². The van der Waals surface area contributed by atoms with Gasteiger partial charge in [-0.1, -0.05) is 11.6 Å². The molecule has 1 aliphatic rings. The summed E-state index contributed by atoms with van der Waals surface area (Å²) >= 11 is 5.62. The number of halogens is 1. The van der Waals surface area contributed by atoms with Crippen LogP contribution >= 0.6 is 11.6 Å². The van der Waals surface area contributed by atoms with Crippen LogP contribution in [-0.2, 0) is 0 Å². The summed E-state index contributed by atoms with van der Waals surface area (Å²) in [7, 11) is 0. The second-order valence-electron chi connectivity index (χ2n) is 1.72. The van der Waals surface area contributed by atoms with Crippen LogP contribution < -0.4 is 0 Å². The molecule has 1 aliphatic heterocycles. The molecule has 2 nitrogen and oxygen atoms in total. The second-order valence-corrected chi connectivity index (χ2v) is 2.21. The summed E-state index contributed by atoms with van der Waals surface area (Å²) in [5.74, 6) is 0. The van der Waals surface area contributed by atoms with Crippen molar-refractivity contribution in [1.82, 2.24) is 0 Å². The van der Waals surface area contributed by atoms with Gasteiger partial charge in [0.25, 0.3) is 0 Å². The Morgan fingerprint density at radius 2 is 2.56 bits per heavy atom. The number of dihydropyridines is 1. The topological polar surface area (TPSA) is 36.1 Å². The fourth-order valence-corrected chi connectivity index (χ4v) is 0.805. The van der Waals surface area contributed by atoms with E-state index in [0.717, 1.165) is 11.5 Å². The third-order valence-electron chi connectivity index (χ3n) is 1.04. The summed E-state index contributed by atoms with van der Waals surface area (Å²) < 4.78 is 0. The Balaban J connectivity index is 2.78. The van der Waals surface area contributed by atoms with Crippen molar-refractivity contribution in [3.8, 4) is 6.07 Å². The number of nitrogens with zero attached hydrogens (tertiary/aromatic N) is 2. The van der Waals surface area contributed by atoms with E-state index in [1.54, 1.807) is 6.08 Å². The number of aliphatic imine (C=N–C) groups is 1. The van der Waals surface area contributed by atoms with Gasteiger partial charge in [-0.3, -0.25) is 4.99 Å². The molecule has 0 spiro atoms. The third-order valence-corrected chi connectivity index (χ3v) is 1.34. The fraction of sp³-hybridized carbons (Fsp3) is 0.333. The van der Waals surface area contributed by atoms with Crippen LogP contribution in [0.4, 0.5) is 0 Å². The second kappa shape index (κ2) is 2.65. The molecule has 0 aromatic rings.